The van der Waals surface area contributed by atoms with Crippen molar-refractivity contribution < 1.29 is 14.6 Å². The molecule has 18 heavy (non-hydrogen) atoms. The molecule has 0 aliphatic carbocycles. The highest BCUT2D eigenvalue weighted by molar-refractivity contribution is 5.69. The molecule has 4 heteroatoms. The molecule has 0 bridgehead atoms. The zero-order valence-electron chi connectivity index (χ0n) is 10.6. The van der Waals surface area contributed by atoms with Crippen molar-refractivity contribution in [2.45, 2.75) is 38.5 Å². The largest absolute Gasteiger partial charge is 0.445 e. The SMILES string of the molecule is C[C@@H]1CC[C@H](CO)N1C(=O)OCc1ccccc1. The fourth-order valence-corrected chi connectivity index (χ4v) is 2.37. The van der Waals surface area contributed by atoms with Crippen molar-refractivity contribution in [3.8, 4) is 0 Å². The Balaban J connectivity index is 1.91. The van der Waals surface area contributed by atoms with Crippen molar-refractivity contribution in [3.63, 3.8) is 0 Å². The lowest BCUT2D eigenvalue weighted by Gasteiger charge is -2.26. The van der Waals surface area contributed by atoms with Crippen LogP contribution >= 0.6 is 0 Å². The molecule has 0 unspecified atom stereocenters. The molecule has 0 radical (unpaired) electrons. The van der Waals surface area contributed by atoms with E-state index in [0.29, 0.717) is 0 Å². The fraction of sp³-hybridized carbons (Fsp3) is 0.500. The molecule has 4 nitrogen and oxygen atoms in total. The first kappa shape index (κ1) is 12.9. The second-order valence-corrected chi connectivity index (χ2v) is 4.71. The predicted molar refractivity (Wildman–Crippen MR) is 68.0 cm³/mol. The number of likely N-dealkylation sites (tertiary alicyclic amines) is 1. The molecule has 0 aromatic heterocycles. The van der Waals surface area contributed by atoms with E-state index >= 15 is 0 Å². The van der Waals surface area contributed by atoms with Crippen LogP contribution in [0.15, 0.2) is 30.3 Å². The van der Waals surface area contributed by atoms with Gasteiger partial charge in [-0.15, -0.1) is 0 Å². The van der Waals surface area contributed by atoms with Crippen molar-refractivity contribution in [2.24, 2.45) is 0 Å². The summed E-state index contributed by atoms with van der Waals surface area (Å²) < 4.78 is 5.29. The van der Waals surface area contributed by atoms with Crippen molar-refractivity contribution in [1.29, 1.82) is 0 Å². The van der Waals surface area contributed by atoms with Gasteiger partial charge in [0.1, 0.15) is 6.61 Å². The molecule has 98 valence electrons. The van der Waals surface area contributed by atoms with Crippen molar-refractivity contribution in [3.05, 3.63) is 35.9 Å². The molecule has 1 aromatic carbocycles. The van der Waals surface area contributed by atoms with Crippen LogP contribution in [-0.2, 0) is 11.3 Å². The van der Waals surface area contributed by atoms with E-state index in [2.05, 4.69) is 0 Å². The topological polar surface area (TPSA) is 49.8 Å². The number of carbonyl (C=O) groups is 1. The standard InChI is InChI=1S/C14H19NO3/c1-11-7-8-13(9-16)15(11)14(17)18-10-12-5-3-2-4-6-12/h2-6,11,13,16H,7-10H2,1H3/t11-,13-/m1/s1. The number of aliphatic hydroxyl groups excluding tert-OH is 1. The molecule has 2 atom stereocenters. The number of hydrogen-bond donors (Lipinski definition) is 1. The second-order valence-electron chi connectivity index (χ2n) is 4.71. The van der Waals surface area contributed by atoms with Crippen LogP contribution in [0.25, 0.3) is 0 Å². The lowest BCUT2D eigenvalue weighted by molar-refractivity contribution is 0.0677. The summed E-state index contributed by atoms with van der Waals surface area (Å²) in [6.07, 6.45) is 1.44. The van der Waals surface area contributed by atoms with Gasteiger partial charge in [0.15, 0.2) is 0 Å². The van der Waals surface area contributed by atoms with E-state index in [1.165, 1.54) is 0 Å². The van der Waals surface area contributed by atoms with Crippen molar-refractivity contribution in [1.82, 2.24) is 4.90 Å². The molecule has 1 heterocycles. The predicted octanol–water partition coefficient (Wildman–Crippen LogP) is 2.17. The van der Waals surface area contributed by atoms with Gasteiger partial charge in [0.05, 0.1) is 12.6 Å². The molecule has 1 saturated heterocycles. The highest BCUT2D eigenvalue weighted by Gasteiger charge is 2.34. The van der Waals surface area contributed by atoms with Gasteiger partial charge < -0.3 is 14.7 Å². The minimum Gasteiger partial charge on any atom is -0.445 e. The Kier molecular flexibility index (Phi) is 4.20. The lowest BCUT2D eigenvalue weighted by atomic mass is 10.2. The van der Waals surface area contributed by atoms with Gasteiger partial charge in [0, 0.05) is 6.04 Å². The Morgan fingerprint density at radius 3 is 2.78 bits per heavy atom. The summed E-state index contributed by atoms with van der Waals surface area (Å²) >= 11 is 0. The normalized spacial score (nSPS) is 23.1. The number of ether oxygens (including phenoxy) is 1. The molecular formula is C14H19NO3. The zero-order chi connectivity index (χ0) is 13.0. The lowest BCUT2D eigenvalue weighted by Crippen LogP contribution is -2.41. The molecule has 1 N–H and O–H groups in total. The van der Waals surface area contributed by atoms with Gasteiger partial charge in [-0.25, -0.2) is 4.79 Å². The minimum absolute atomic E-state index is 0.00474. The summed E-state index contributed by atoms with van der Waals surface area (Å²) in [5.41, 5.74) is 0.971. The summed E-state index contributed by atoms with van der Waals surface area (Å²) in [4.78, 5) is 13.6. The Hall–Kier alpha value is -1.55. The molecule has 0 saturated carbocycles. The summed E-state index contributed by atoms with van der Waals surface area (Å²) in [7, 11) is 0. The fourth-order valence-electron chi connectivity index (χ4n) is 2.37. The van der Waals surface area contributed by atoms with Crippen LogP contribution in [-0.4, -0.2) is 34.8 Å². The number of amides is 1. The van der Waals surface area contributed by atoms with E-state index in [1.54, 1.807) is 4.90 Å². The van der Waals surface area contributed by atoms with Crippen LogP contribution in [0.1, 0.15) is 25.3 Å². The average Bonchev–Trinajstić information content (AvgIpc) is 2.78. The third-order valence-electron chi connectivity index (χ3n) is 3.41. The van der Waals surface area contributed by atoms with Crippen LogP contribution in [0, 0.1) is 0 Å². The highest BCUT2D eigenvalue weighted by Crippen LogP contribution is 2.24. The Morgan fingerprint density at radius 2 is 2.11 bits per heavy atom. The van der Waals surface area contributed by atoms with Gasteiger partial charge in [0.2, 0.25) is 0 Å². The maximum absolute atomic E-state index is 12.0. The molecular weight excluding hydrogens is 230 g/mol. The minimum atomic E-state index is -0.331. The number of hydrogen-bond acceptors (Lipinski definition) is 3. The van der Waals surface area contributed by atoms with Gasteiger partial charge in [-0.3, -0.25) is 0 Å². The highest BCUT2D eigenvalue weighted by atomic mass is 16.6. The zero-order valence-corrected chi connectivity index (χ0v) is 10.6. The molecule has 1 aromatic rings. The van der Waals surface area contributed by atoms with Crippen LogP contribution in [0.2, 0.25) is 0 Å². The Morgan fingerprint density at radius 1 is 1.39 bits per heavy atom. The first-order valence-electron chi connectivity index (χ1n) is 6.32. The summed E-state index contributed by atoms with van der Waals surface area (Å²) in [5, 5.41) is 9.24. The first-order valence-corrected chi connectivity index (χ1v) is 6.32. The van der Waals surface area contributed by atoms with E-state index < -0.39 is 0 Å². The third kappa shape index (κ3) is 2.82. The number of rotatable bonds is 3. The van der Waals surface area contributed by atoms with Crippen LogP contribution in [0.3, 0.4) is 0 Å². The summed E-state index contributed by atoms with van der Waals surface area (Å²) in [5.74, 6) is 0. The van der Waals surface area contributed by atoms with Gasteiger partial charge in [0.25, 0.3) is 0 Å². The number of benzene rings is 1. The smallest absolute Gasteiger partial charge is 0.410 e. The van der Waals surface area contributed by atoms with Gasteiger partial charge in [-0.05, 0) is 25.3 Å². The monoisotopic (exact) mass is 249 g/mol. The van der Waals surface area contributed by atoms with Gasteiger partial charge in [-0.2, -0.15) is 0 Å². The Labute approximate surface area is 107 Å². The van der Waals surface area contributed by atoms with E-state index in [4.69, 9.17) is 4.74 Å². The summed E-state index contributed by atoms with van der Waals surface area (Å²) in [6.45, 7) is 2.27. The van der Waals surface area contributed by atoms with Crippen LogP contribution in [0.5, 0.6) is 0 Å². The number of nitrogens with zero attached hydrogens (tertiary/aromatic N) is 1. The van der Waals surface area contributed by atoms with Gasteiger partial charge in [-0.1, -0.05) is 30.3 Å². The molecule has 2 rings (SSSR count). The van der Waals surface area contributed by atoms with E-state index in [0.717, 1.165) is 18.4 Å². The third-order valence-corrected chi connectivity index (χ3v) is 3.41. The van der Waals surface area contributed by atoms with E-state index in [9.17, 15) is 9.90 Å². The maximum Gasteiger partial charge on any atom is 0.410 e. The molecule has 1 aliphatic rings. The summed E-state index contributed by atoms with van der Waals surface area (Å²) in [6, 6.07) is 9.65. The molecule has 1 amide bonds. The maximum atomic E-state index is 12.0. The van der Waals surface area contributed by atoms with E-state index in [-0.39, 0.29) is 31.4 Å². The number of carbonyl (C=O) groups excluding carboxylic acids is 1. The molecule has 0 spiro atoms. The average molecular weight is 249 g/mol. The molecule has 1 fully saturated rings. The molecule has 1 aliphatic heterocycles. The first-order chi connectivity index (χ1) is 8.72. The van der Waals surface area contributed by atoms with Crippen LogP contribution in [0.4, 0.5) is 4.79 Å². The Bertz CT molecular complexity index is 393. The van der Waals surface area contributed by atoms with Crippen LogP contribution < -0.4 is 0 Å². The van der Waals surface area contributed by atoms with Crippen molar-refractivity contribution in [2.75, 3.05) is 6.61 Å². The second kappa shape index (κ2) is 5.87. The van der Waals surface area contributed by atoms with Gasteiger partial charge >= 0.3 is 6.09 Å². The van der Waals surface area contributed by atoms with Crippen molar-refractivity contribution >= 4 is 6.09 Å². The van der Waals surface area contributed by atoms with E-state index in [1.807, 2.05) is 37.3 Å². The number of aliphatic hydroxyl groups is 1. The quantitative estimate of drug-likeness (QED) is 0.893.